The first-order chi connectivity index (χ1) is 34.3. The van der Waals surface area contributed by atoms with Crippen LogP contribution in [0.4, 0.5) is 22.7 Å². The third-order valence-electron chi connectivity index (χ3n) is 11.4. The molecule has 0 saturated carbocycles. The summed E-state index contributed by atoms with van der Waals surface area (Å²) < 4.78 is 4.94. The van der Waals surface area contributed by atoms with Crippen LogP contribution >= 0.6 is 40.4 Å². The zero-order chi connectivity index (χ0) is 52.0. The summed E-state index contributed by atoms with van der Waals surface area (Å²) in [6, 6.07) is 41.4. The zero-order valence-corrected chi connectivity index (χ0v) is 48.2. The number of hydrogen-bond donors (Lipinski definition) is 0. The van der Waals surface area contributed by atoms with Crippen molar-refractivity contribution in [1.29, 1.82) is 0 Å². The predicted octanol–water partition coefficient (Wildman–Crippen LogP) is 18.2. The maximum absolute atomic E-state index is 4.94. The van der Waals surface area contributed by atoms with Crippen LogP contribution in [0.1, 0.15) is 136 Å². The SMILES string of the molecule is C1CCOC1.CCCCc1ccccc1N=C(C)c1cccc(C(C)=Nc2c(C)cccc2C)n1.CCCCc1ccccc1N=C(C)c1cccc(C(C)=Nc2c(C)cccc2C)n1.[Cl][Fe][Cl].[Cl][Fe][Cl]. The van der Waals surface area contributed by atoms with Crippen LogP contribution in [0.25, 0.3) is 0 Å². The van der Waals surface area contributed by atoms with E-state index >= 15 is 0 Å². The van der Waals surface area contributed by atoms with Crippen LogP contribution in [0.3, 0.4) is 0 Å². The van der Waals surface area contributed by atoms with Crippen LogP contribution in [0.15, 0.2) is 141 Å². The molecular formula is C58H70Cl4Fe2N6O. The summed E-state index contributed by atoms with van der Waals surface area (Å²) in [7, 11) is 19.1. The van der Waals surface area contributed by atoms with Gasteiger partial charge in [0.2, 0.25) is 0 Å². The molecule has 1 aliphatic heterocycles. The van der Waals surface area contributed by atoms with Gasteiger partial charge in [-0.3, -0.25) is 20.0 Å². The van der Waals surface area contributed by atoms with Crippen molar-refractivity contribution in [2.45, 2.75) is 121 Å². The zero-order valence-electron chi connectivity index (χ0n) is 42.9. The van der Waals surface area contributed by atoms with E-state index in [-0.39, 0.29) is 26.3 Å². The average molecular weight is 1120 g/mol. The van der Waals surface area contributed by atoms with Crippen molar-refractivity contribution in [3.8, 4) is 0 Å². The maximum atomic E-state index is 4.94. The van der Waals surface area contributed by atoms with E-state index in [2.05, 4.69) is 114 Å². The summed E-state index contributed by atoms with van der Waals surface area (Å²) in [5, 5.41) is 0. The van der Waals surface area contributed by atoms with E-state index in [4.69, 9.17) is 75.1 Å². The molecule has 0 bridgehead atoms. The van der Waals surface area contributed by atoms with Crippen LogP contribution in [0.2, 0.25) is 0 Å². The Labute approximate surface area is 454 Å². The standard InChI is InChI=1S/2C27H31N3.C4H8O.4ClH.2Fe/c2*1-6-7-14-23-15-8-9-16-26(23)28-21(4)24-17-11-18-25(30-24)22(5)29-27-19(2)12-10-13-20(27)3;1-2-4-5-3-1;;;;;;/h2*8-13,15-18H,6-7,14H2,1-5H3;1-4H2;4*1H;;/q;;;;;;;2*+2/p-4. The summed E-state index contributed by atoms with van der Waals surface area (Å²) in [4.78, 5) is 29.3. The molecule has 0 radical (unpaired) electrons. The summed E-state index contributed by atoms with van der Waals surface area (Å²) >= 11 is 0.389. The molecule has 7 rings (SSSR count). The normalized spacial score (nSPS) is 12.7. The average Bonchev–Trinajstić information content (AvgIpc) is 3.97. The van der Waals surface area contributed by atoms with Gasteiger partial charge in [0.25, 0.3) is 0 Å². The van der Waals surface area contributed by atoms with E-state index in [1.807, 2.05) is 76.2 Å². The molecular weight excluding hydrogens is 1050 g/mol. The molecule has 1 fully saturated rings. The Morgan fingerprint density at radius 3 is 1.04 bits per heavy atom. The van der Waals surface area contributed by atoms with Crippen LogP contribution in [0.5, 0.6) is 0 Å². The van der Waals surface area contributed by atoms with Crippen LogP contribution in [-0.2, 0) is 43.8 Å². The number of rotatable bonds is 14. The van der Waals surface area contributed by atoms with Gasteiger partial charge in [-0.2, -0.15) is 0 Å². The fraction of sp³-hybridized carbons (Fsp3) is 0.345. The number of halogens is 4. The van der Waals surface area contributed by atoms with Crippen molar-refractivity contribution in [3.63, 3.8) is 0 Å². The van der Waals surface area contributed by atoms with Crippen molar-refractivity contribution in [2.24, 2.45) is 20.0 Å². The summed E-state index contributed by atoms with van der Waals surface area (Å²) in [6.07, 6.45) is 9.37. The van der Waals surface area contributed by atoms with E-state index in [1.165, 1.54) is 71.9 Å². The Bertz CT molecular complexity index is 2440. The Hall–Kier alpha value is -3.98. The van der Waals surface area contributed by atoms with E-state index in [0.29, 0.717) is 0 Å². The van der Waals surface area contributed by atoms with Gasteiger partial charge in [0.1, 0.15) is 0 Å². The Kier molecular flexibility index (Phi) is 30.4. The summed E-state index contributed by atoms with van der Waals surface area (Å²) in [6.45, 7) is 22.9. The number of ether oxygens (including phenoxy) is 1. The number of aromatic nitrogens is 2. The number of aryl methyl sites for hydroxylation is 6. The summed E-state index contributed by atoms with van der Waals surface area (Å²) in [5.74, 6) is 0. The van der Waals surface area contributed by atoms with Gasteiger partial charge in [0, 0.05) is 13.2 Å². The Morgan fingerprint density at radius 2 is 0.746 bits per heavy atom. The van der Waals surface area contributed by atoms with Gasteiger partial charge in [-0.25, -0.2) is 9.97 Å². The molecule has 6 aromatic rings. The molecule has 3 heterocycles. The van der Waals surface area contributed by atoms with Gasteiger partial charge in [-0.15, -0.1) is 0 Å². The molecule has 4 aromatic carbocycles. The molecule has 13 heteroatoms. The minimum absolute atomic E-state index is 0.194. The van der Waals surface area contributed by atoms with Crippen LogP contribution in [0, 0.1) is 27.7 Å². The number of benzene rings is 4. The third-order valence-corrected chi connectivity index (χ3v) is 11.4. The van der Waals surface area contributed by atoms with E-state index in [0.717, 1.165) is 94.4 Å². The second-order valence-electron chi connectivity index (χ2n) is 17.0. The predicted molar refractivity (Wildman–Crippen MR) is 301 cm³/mol. The molecule has 0 N–H and O–H groups in total. The molecule has 0 spiro atoms. The molecule has 7 nitrogen and oxygen atoms in total. The van der Waals surface area contributed by atoms with Gasteiger partial charge < -0.3 is 4.74 Å². The first-order valence-electron chi connectivity index (χ1n) is 24.0. The van der Waals surface area contributed by atoms with Crippen molar-refractivity contribution in [3.05, 3.63) is 177 Å². The molecule has 1 saturated heterocycles. The van der Waals surface area contributed by atoms with Gasteiger partial charge >= 0.3 is 66.7 Å². The number of aliphatic imine (C=N–C) groups is 4. The molecule has 0 unspecified atom stereocenters. The van der Waals surface area contributed by atoms with Gasteiger partial charge in [-0.1, -0.05) is 112 Å². The topological polar surface area (TPSA) is 84.5 Å². The van der Waals surface area contributed by atoms with Crippen molar-refractivity contribution >= 4 is 86.0 Å². The molecule has 2 aromatic heterocycles. The number of pyridine rings is 2. The first kappa shape index (κ1) is 61.3. The van der Waals surface area contributed by atoms with Gasteiger partial charge in [0.15, 0.2) is 0 Å². The second-order valence-corrected chi connectivity index (χ2v) is 20.6. The number of unbranched alkanes of at least 4 members (excludes halogenated alkanes) is 2. The van der Waals surface area contributed by atoms with E-state index in [9.17, 15) is 0 Å². The fourth-order valence-corrected chi connectivity index (χ4v) is 7.47. The minimum atomic E-state index is 0.194. The first-order valence-corrected chi connectivity index (χ1v) is 30.1. The van der Waals surface area contributed by atoms with Crippen LogP contribution in [-0.4, -0.2) is 46.0 Å². The third kappa shape index (κ3) is 22.0. The van der Waals surface area contributed by atoms with Crippen molar-refractivity contribution < 1.29 is 31.0 Å². The molecule has 0 aliphatic carbocycles. The van der Waals surface area contributed by atoms with Gasteiger partial charge in [-0.05, 0) is 164 Å². The molecule has 382 valence electrons. The van der Waals surface area contributed by atoms with Crippen molar-refractivity contribution in [2.75, 3.05) is 13.2 Å². The monoisotopic (exact) mass is 1120 g/mol. The number of para-hydroxylation sites is 4. The number of hydrogen-bond acceptors (Lipinski definition) is 7. The molecule has 0 atom stereocenters. The molecule has 71 heavy (non-hydrogen) atoms. The second kappa shape index (κ2) is 35.2. The van der Waals surface area contributed by atoms with E-state index < -0.39 is 0 Å². The quantitative estimate of drug-likeness (QED) is 0.0804. The van der Waals surface area contributed by atoms with Crippen LogP contribution < -0.4 is 0 Å². The van der Waals surface area contributed by atoms with Gasteiger partial charge in [0.05, 0.1) is 68.4 Å². The Balaban J connectivity index is 0.000000309. The fourth-order valence-electron chi connectivity index (χ4n) is 7.47. The summed E-state index contributed by atoms with van der Waals surface area (Å²) in [5.41, 5.74) is 18.6. The molecule has 1 aliphatic rings. The molecule has 0 amide bonds. The number of nitrogens with zero attached hydrogens (tertiary/aromatic N) is 6. The Morgan fingerprint density at radius 1 is 0.451 bits per heavy atom. The van der Waals surface area contributed by atoms with Crippen molar-refractivity contribution in [1.82, 2.24) is 9.97 Å². The van der Waals surface area contributed by atoms with E-state index in [1.54, 1.807) is 0 Å².